The van der Waals surface area contributed by atoms with Gasteiger partial charge >= 0.3 is 5.97 Å². The first-order chi connectivity index (χ1) is 14.4. The Balaban J connectivity index is 1.42. The lowest BCUT2D eigenvalue weighted by molar-refractivity contribution is -0.156. The van der Waals surface area contributed by atoms with Crippen molar-refractivity contribution in [3.63, 3.8) is 0 Å². The molecule has 0 spiro atoms. The SMILES string of the molecule is O=C(O)C1(CC2CC(c3ccc(F)cc3)=NO2)CCCN(Cc2ccc(F)cc2)C1. The van der Waals surface area contributed by atoms with E-state index in [1.807, 2.05) is 0 Å². The molecular weight excluding hydrogens is 390 g/mol. The number of benzene rings is 2. The van der Waals surface area contributed by atoms with Gasteiger partial charge in [0.15, 0.2) is 0 Å². The van der Waals surface area contributed by atoms with Crippen molar-refractivity contribution in [2.75, 3.05) is 13.1 Å². The molecule has 2 atom stereocenters. The molecule has 2 aliphatic rings. The smallest absolute Gasteiger partial charge is 0.311 e. The summed E-state index contributed by atoms with van der Waals surface area (Å²) in [6.07, 6.45) is 1.88. The van der Waals surface area contributed by atoms with E-state index in [0.717, 1.165) is 24.1 Å². The summed E-state index contributed by atoms with van der Waals surface area (Å²) >= 11 is 0. The van der Waals surface area contributed by atoms with Crippen LogP contribution in [0, 0.1) is 17.0 Å². The van der Waals surface area contributed by atoms with Crippen LogP contribution in [-0.4, -0.2) is 40.9 Å². The summed E-state index contributed by atoms with van der Waals surface area (Å²) in [5.74, 6) is -1.43. The molecule has 30 heavy (non-hydrogen) atoms. The molecule has 2 aromatic rings. The fourth-order valence-corrected chi connectivity index (χ4v) is 4.43. The predicted molar refractivity (Wildman–Crippen MR) is 108 cm³/mol. The molecule has 2 aliphatic heterocycles. The van der Waals surface area contributed by atoms with E-state index in [0.29, 0.717) is 38.1 Å². The van der Waals surface area contributed by atoms with E-state index in [-0.39, 0.29) is 17.7 Å². The molecule has 0 aromatic heterocycles. The van der Waals surface area contributed by atoms with Crippen LogP contribution in [0.15, 0.2) is 53.7 Å². The normalized spacial score (nSPS) is 24.3. The second-order valence-corrected chi connectivity index (χ2v) is 8.21. The number of likely N-dealkylation sites (tertiary alicyclic amines) is 1. The maximum absolute atomic E-state index is 13.2. The molecule has 4 rings (SSSR count). The van der Waals surface area contributed by atoms with Gasteiger partial charge in [-0.25, -0.2) is 8.78 Å². The number of halogens is 2. The molecule has 0 saturated carbocycles. The lowest BCUT2D eigenvalue weighted by Crippen LogP contribution is -2.49. The molecule has 1 fully saturated rings. The number of aliphatic carboxylic acids is 1. The number of carboxylic acids is 1. The van der Waals surface area contributed by atoms with Crippen molar-refractivity contribution in [3.05, 3.63) is 71.3 Å². The summed E-state index contributed by atoms with van der Waals surface area (Å²) in [6.45, 7) is 1.79. The number of hydrogen-bond donors (Lipinski definition) is 1. The first kappa shape index (κ1) is 20.5. The highest BCUT2D eigenvalue weighted by Crippen LogP contribution is 2.38. The van der Waals surface area contributed by atoms with Crippen molar-refractivity contribution in [2.45, 2.75) is 38.3 Å². The zero-order valence-electron chi connectivity index (χ0n) is 16.6. The van der Waals surface area contributed by atoms with E-state index in [1.165, 1.54) is 24.3 Å². The van der Waals surface area contributed by atoms with Crippen LogP contribution in [0.2, 0.25) is 0 Å². The molecule has 1 N–H and O–H groups in total. The number of hydrogen-bond acceptors (Lipinski definition) is 4. The van der Waals surface area contributed by atoms with Crippen LogP contribution in [0.5, 0.6) is 0 Å². The van der Waals surface area contributed by atoms with Crippen LogP contribution in [0.3, 0.4) is 0 Å². The summed E-state index contributed by atoms with van der Waals surface area (Å²) in [5, 5.41) is 14.2. The molecule has 7 heteroatoms. The molecule has 0 aliphatic carbocycles. The minimum absolute atomic E-state index is 0.285. The van der Waals surface area contributed by atoms with Gasteiger partial charge in [-0.3, -0.25) is 9.69 Å². The largest absolute Gasteiger partial charge is 0.481 e. The minimum Gasteiger partial charge on any atom is -0.481 e. The number of piperidine rings is 1. The van der Waals surface area contributed by atoms with Gasteiger partial charge in [-0.05, 0) is 54.8 Å². The molecule has 2 unspecified atom stereocenters. The van der Waals surface area contributed by atoms with Crippen LogP contribution >= 0.6 is 0 Å². The molecule has 0 radical (unpaired) electrons. The highest BCUT2D eigenvalue weighted by molar-refractivity contribution is 6.01. The van der Waals surface area contributed by atoms with E-state index in [2.05, 4.69) is 10.1 Å². The Morgan fingerprint density at radius 2 is 1.80 bits per heavy atom. The maximum Gasteiger partial charge on any atom is 0.311 e. The van der Waals surface area contributed by atoms with Crippen molar-refractivity contribution >= 4 is 11.7 Å². The van der Waals surface area contributed by atoms with E-state index in [1.54, 1.807) is 24.3 Å². The summed E-state index contributed by atoms with van der Waals surface area (Å²) in [4.78, 5) is 20.0. The lowest BCUT2D eigenvalue weighted by atomic mass is 9.74. The summed E-state index contributed by atoms with van der Waals surface area (Å²) in [6, 6.07) is 12.4. The van der Waals surface area contributed by atoms with Crippen LogP contribution in [-0.2, 0) is 16.2 Å². The zero-order valence-corrected chi connectivity index (χ0v) is 16.6. The lowest BCUT2D eigenvalue weighted by Gasteiger charge is -2.40. The summed E-state index contributed by atoms with van der Waals surface area (Å²) in [5.41, 5.74) is 1.53. The van der Waals surface area contributed by atoms with E-state index >= 15 is 0 Å². The van der Waals surface area contributed by atoms with Gasteiger partial charge < -0.3 is 9.94 Å². The highest BCUT2D eigenvalue weighted by Gasteiger charge is 2.45. The first-order valence-corrected chi connectivity index (χ1v) is 10.1. The third-order valence-electron chi connectivity index (χ3n) is 5.96. The molecule has 2 heterocycles. The predicted octanol–water partition coefficient (Wildman–Crippen LogP) is 4.21. The Bertz CT molecular complexity index is 930. The number of carboxylic acid groups (broad SMARTS) is 1. The number of carbonyl (C=O) groups is 1. The first-order valence-electron chi connectivity index (χ1n) is 10.1. The van der Waals surface area contributed by atoms with Gasteiger partial charge in [0, 0.05) is 25.9 Å². The van der Waals surface area contributed by atoms with Crippen molar-refractivity contribution in [2.24, 2.45) is 10.6 Å². The standard InChI is InChI=1S/C23H24F2N2O3/c24-18-6-2-16(3-7-18)14-27-11-1-10-23(15-27,22(28)29)13-20-12-21(26-30-20)17-4-8-19(25)9-5-17/h2-9,20H,1,10-15H2,(H,28,29). The molecule has 158 valence electrons. The van der Waals surface area contributed by atoms with Crippen molar-refractivity contribution < 1.29 is 23.5 Å². The van der Waals surface area contributed by atoms with Crippen LogP contribution in [0.1, 0.15) is 36.8 Å². The van der Waals surface area contributed by atoms with E-state index in [9.17, 15) is 18.7 Å². The fourth-order valence-electron chi connectivity index (χ4n) is 4.43. The number of rotatable bonds is 6. The molecule has 0 bridgehead atoms. The van der Waals surface area contributed by atoms with E-state index < -0.39 is 11.4 Å². The van der Waals surface area contributed by atoms with E-state index in [4.69, 9.17) is 4.84 Å². The van der Waals surface area contributed by atoms with Gasteiger partial charge in [-0.2, -0.15) is 0 Å². The Hall–Kier alpha value is -2.80. The summed E-state index contributed by atoms with van der Waals surface area (Å²) in [7, 11) is 0. The quantitative estimate of drug-likeness (QED) is 0.769. The molecule has 1 saturated heterocycles. The average Bonchev–Trinajstić information content (AvgIpc) is 3.18. The minimum atomic E-state index is -0.920. The fraction of sp³-hybridized carbons (Fsp3) is 0.391. The van der Waals surface area contributed by atoms with Gasteiger partial charge in [0.1, 0.15) is 17.7 Å². The monoisotopic (exact) mass is 414 g/mol. The molecule has 0 amide bonds. The topological polar surface area (TPSA) is 62.1 Å². The van der Waals surface area contributed by atoms with Crippen molar-refractivity contribution in [1.29, 1.82) is 0 Å². The Labute approximate surface area is 174 Å². The number of oxime groups is 1. The van der Waals surface area contributed by atoms with Gasteiger partial charge in [-0.15, -0.1) is 0 Å². The zero-order chi connectivity index (χ0) is 21.1. The van der Waals surface area contributed by atoms with Crippen LogP contribution in [0.25, 0.3) is 0 Å². The molecule has 5 nitrogen and oxygen atoms in total. The Morgan fingerprint density at radius 3 is 2.47 bits per heavy atom. The average molecular weight is 414 g/mol. The van der Waals surface area contributed by atoms with Crippen molar-refractivity contribution in [3.8, 4) is 0 Å². The highest BCUT2D eigenvalue weighted by atomic mass is 19.1. The van der Waals surface area contributed by atoms with Crippen LogP contribution in [0.4, 0.5) is 8.78 Å². The van der Waals surface area contributed by atoms with Crippen molar-refractivity contribution in [1.82, 2.24) is 4.90 Å². The third kappa shape index (κ3) is 4.51. The Morgan fingerprint density at radius 1 is 1.13 bits per heavy atom. The third-order valence-corrected chi connectivity index (χ3v) is 5.96. The Kier molecular flexibility index (Phi) is 5.81. The second-order valence-electron chi connectivity index (χ2n) is 8.21. The van der Waals surface area contributed by atoms with Gasteiger partial charge in [0.05, 0.1) is 11.1 Å². The van der Waals surface area contributed by atoms with Gasteiger partial charge in [0.25, 0.3) is 0 Å². The van der Waals surface area contributed by atoms with Crippen LogP contribution < -0.4 is 0 Å². The van der Waals surface area contributed by atoms with Gasteiger partial charge in [-0.1, -0.05) is 29.4 Å². The summed E-state index contributed by atoms with van der Waals surface area (Å²) < 4.78 is 26.3. The maximum atomic E-state index is 13.2. The van der Waals surface area contributed by atoms with Gasteiger partial charge in [0.2, 0.25) is 0 Å². The second kappa shape index (κ2) is 8.52. The molecule has 2 aromatic carbocycles. The molecular formula is C23H24F2N2O3. The number of nitrogens with zero attached hydrogens (tertiary/aromatic N) is 2.